The van der Waals surface area contributed by atoms with Gasteiger partial charge in [-0.1, -0.05) is 33.6 Å². The van der Waals surface area contributed by atoms with Crippen LogP contribution in [0, 0.1) is 11.8 Å². The summed E-state index contributed by atoms with van der Waals surface area (Å²) in [5.41, 5.74) is 0. The lowest BCUT2D eigenvalue weighted by Gasteiger charge is -2.41. The van der Waals surface area contributed by atoms with E-state index in [1.807, 2.05) is 0 Å². The Bertz CT molecular complexity index is 333. The first-order valence-electron chi connectivity index (χ1n) is 7.56. The molecule has 1 rings (SSSR count). The Balaban J connectivity index is 2.71. The van der Waals surface area contributed by atoms with Gasteiger partial charge in [0.25, 0.3) is 0 Å². The molecule has 2 atom stereocenters. The first-order chi connectivity index (χ1) is 8.78. The van der Waals surface area contributed by atoms with Crippen LogP contribution in [0.25, 0.3) is 0 Å². The summed E-state index contributed by atoms with van der Waals surface area (Å²) in [5, 5.41) is 0.242. The molecule has 19 heavy (non-hydrogen) atoms. The first kappa shape index (κ1) is 16.8. The van der Waals surface area contributed by atoms with E-state index < -0.39 is 8.32 Å². The van der Waals surface area contributed by atoms with Gasteiger partial charge in [-0.05, 0) is 37.4 Å². The van der Waals surface area contributed by atoms with Crippen molar-refractivity contribution in [2.24, 2.45) is 0 Å². The molecule has 0 spiro atoms. The van der Waals surface area contributed by atoms with Crippen LogP contribution in [0.4, 0.5) is 0 Å². The van der Waals surface area contributed by atoms with Gasteiger partial charge in [0.05, 0.1) is 6.10 Å². The van der Waals surface area contributed by atoms with E-state index in [4.69, 9.17) is 9.16 Å². The van der Waals surface area contributed by atoms with Crippen LogP contribution >= 0.6 is 0 Å². The standard InChI is InChI=1S/C16H30O2Si/c1-7-8-9-11-14-15(12-10-13-17-14)18-19(5,6)16(2,3)4/h14-15H,7-8,10,12-13H2,1-6H3/t14-,15-/m0/s1. The highest BCUT2D eigenvalue weighted by molar-refractivity contribution is 6.74. The summed E-state index contributed by atoms with van der Waals surface area (Å²) in [6, 6.07) is 0. The van der Waals surface area contributed by atoms with E-state index in [9.17, 15) is 0 Å². The second kappa shape index (κ2) is 6.92. The molecule has 0 saturated carbocycles. The molecule has 0 aromatic heterocycles. The second-order valence-corrected chi connectivity index (χ2v) is 11.7. The summed E-state index contributed by atoms with van der Waals surface area (Å²) in [4.78, 5) is 0. The Hall–Kier alpha value is -0.303. The van der Waals surface area contributed by atoms with Crippen molar-refractivity contribution in [1.29, 1.82) is 0 Å². The van der Waals surface area contributed by atoms with Crippen molar-refractivity contribution >= 4 is 8.32 Å². The molecule has 1 aliphatic heterocycles. The smallest absolute Gasteiger partial charge is 0.192 e. The van der Waals surface area contributed by atoms with Gasteiger partial charge in [-0.25, -0.2) is 0 Å². The monoisotopic (exact) mass is 282 g/mol. The van der Waals surface area contributed by atoms with E-state index >= 15 is 0 Å². The molecule has 0 unspecified atom stereocenters. The molecule has 1 saturated heterocycles. The SMILES string of the molecule is CCCC#C[C@@H]1OCCC[C@@H]1O[Si](C)(C)C(C)(C)C. The molecule has 1 heterocycles. The highest BCUT2D eigenvalue weighted by Gasteiger charge is 2.41. The summed E-state index contributed by atoms with van der Waals surface area (Å²) in [7, 11) is -1.73. The number of ether oxygens (including phenoxy) is 1. The Morgan fingerprint density at radius 3 is 2.58 bits per heavy atom. The quantitative estimate of drug-likeness (QED) is 0.565. The van der Waals surface area contributed by atoms with Crippen LogP contribution in [-0.4, -0.2) is 27.1 Å². The Kier molecular flexibility index (Phi) is 6.10. The molecule has 0 radical (unpaired) electrons. The Morgan fingerprint density at radius 2 is 2.00 bits per heavy atom. The number of rotatable bonds is 3. The van der Waals surface area contributed by atoms with Crippen molar-refractivity contribution in [3.8, 4) is 11.8 Å². The van der Waals surface area contributed by atoms with Crippen LogP contribution in [0.1, 0.15) is 53.4 Å². The second-order valence-electron chi connectivity index (χ2n) is 6.92. The average Bonchev–Trinajstić information content (AvgIpc) is 2.30. The van der Waals surface area contributed by atoms with Gasteiger partial charge in [0, 0.05) is 13.0 Å². The number of hydrogen-bond acceptors (Lipinski definition) is 2. The molecule has 0 aromatic rings. The van der Waals surface area contributed by atoms with E-state index in [-0.39, 0.29) is 17.2 Å². The third kappa shape index (κ3) is 4.94. The van der Waals surface area contributed by atoms with Crippen LogP contribution in [0.15, 0.2) is 0 Å². The van der Waals surface area contributed by atoms with Gasteiger partial charge in [0.1, 0.15) is 6.10 Å². The molecule has 0 N–H and O–H groups in total. The molecular formula is C16H30O2Si. The lowest BCUT2D eigenvalue weighted by molar-refractivity contribution is -0.0371. The number of unbranched alkanes of at least 4 members (excludes halogenated alkanes) is 1. The fourth-order valence-electron chi connectivity index (χ4n) is 1.86. The minimum Gasteiger partial charge on any atom is -0.410 e. The molecule has 0 aromatic carbocycles. The number of hydrogen-bond donors (Lipinski definition) is 0. The van der Waals surface area contributed by atoms with Gasteiger partial charge in [-0.15, -0.1) is 5.92 Å². The molecule has 2 nitrogen and oxygen atoms in total. The van der Waals surface area contributed by atoms with Crippen molar-refractivity contribution in [3.05, 3.63) is 0 Å². The predicted octanol–water partition coefficient (Wildman–Crippen LogP) is 4.36. The van der Waals surface area contributed by atoms with Crippen molar-refractivity contribution in [1.82, 2.24) is 0 Å². The average molecular weight is 282 g/mol. The third-order valence-corrected chi connectivity index (χ3v) is 8.64. The summed E-state index contributed by atoms with van der Waals surface area (Å²) in [6.45, 7) is 14.4. The van der Waals surface area contributed by atoms with E-state index in [0.717, 1.165) is 32.3 Å². The van der Waals surface area contributed by atoms with E-state index in [2.05, 4.69) is 52.6 Å². The highest BCUT2D eigenvalue weighted by atomic mass is 28.4. The van der Waals surface area contributed by atoms with Crippen molar-refractivity contribution < 1.29 is 9.16 Å². The molecule has 0 aliphatic carbocycles. The van der Waals surface area contributed by atoms with Crippen LogP contribution in [-0.2, 0) is 9.16 Å². The van der Waals surface area contributed by atoms with Crippen LogP contribution in [0.2, 0.25) is 18.1 Å². The Labute approximate surface area is 120 Å². The van der Waals surface area contributed by atoms with E-state index in [1.165, 1.54) is 0 Å². The maximum absolute atomic E-state index is 6.50. The zero-order valence-electron chi connectivity index (χ0n) is 13.5. The zero-order chi connectivity index (χ0) is 14.5. The normalized spacial score (nSPS) is 24.7. The maximum atomic E-state index is 6.50. The van der Waals surface area contributed by atoms with Gasteiger partial charge in [0.15, 0.2) is 8.32 Å². The summed E-state index contributed by atoms with van der Waals surface area (Å²) < 4.78 is 12.3. The topological polar surface area (TPSA) is 18.5 Å². The van der Waals surface area contributed by atoms with Crippen molar-refractivity contribution in [2.75, 3.05) is 6.61 Å². The largest absolute Gasteiger partial charge is 0.410 e. The molecule has 110 valence electrons. The van der Waals surface area contributed by atoms with Crippen LogP contribution in [0.5, 0.6) is 0 Å². The highest BCUT2D eigenvalue weighted by Crippen LogP contribution is 2.38. The Morgan fingerprint density at radius 1 is 1.32 bits per heavy atom. The van der Waals surface area contributed by atoms with Crippen LogP contribution < -0.4 is 0 Å². The van der Waals surface area contributed by atoms with Gasteiger partial charge < -0.3 is 9.16 Å². The third-order valence-electron chi connectivity index (χ3n) is 4.14. The lowest BCUT2D eigenvalue weighted by Crippen LogP contribution is -2.48. The van der Waals surface area contributed by atoms with E-state index in [0.29, 0.717) is 0 Å². The minimum absolute atomic E-state index is 0.0191. The maximum Gasteiger partial charge on any atom is 0.192 e. The van der Waals surface area contributed by atoms with Gasteiger partial charge >= 0.3 is 0 Å². The lowest BCUT2D eigenvalue weighted by atomic mass is 10.1. The van der Waals surface area contributed by atoms with E-state index in [1.54, 1.807) is 0 Å². The van der Waals surface area contributed by atoms with Crippen LogP contribution in [0.3, 0.4) is 0 Å². The molecule has 0 amide bonds. The molecule has 1 aliphatic rings. The minimum atomic E-state index is -1.73. The van der Waals surface area contributed by atoms with Gasteiger partial charge in [-0.3, -0.25) is 0 Å². The van der Waals surface area contributed by atoms with Crippen molar-refractivity contribution in [2.45, 2.75) is 83.7 Å². The summed E-state index contributed by atoms with van der Waals surface area (Å²) in [6.07, 6.45) is 4.37. The summed E-state index contributed by atoms with van der Waals surface area (Å²) >= 11 is 0. The predicted molar refractivity (Wildman–Crippen MR) is 83.7 cm³/mol. The molecular weight excluding hydrogens is 252 g/mol. The first-order valence-corrected chi connectivity index (χ1v) is 10.5. The summed E-state index contributed by atoms with van der Waals surface area (Å²) in [5.74, 6) is 6.49. The fourth-order valence-corrected chi connectivity index (χ4v) is 3.21. The van der Waals surface area contributed by atoms with Gasteiger partial charge in [-0.2, -0.15) is 0 Å². The van der Waals surface area contributed by atoms with Crippen molar-refractivity contribution in [3.63, 3.8) is 0 Å². The molecule has 1 fully saturated rings. The fraction of sp³-hybridized carbons (Fsp3) is 0.875. The zero-order valence-corrected chi connectivity index (χ0v) is 14.5. The molecule has 0 bridgehead atoms. The van der Waals surface area contributed by atoms with Gasteiger partial charge in [0.2, 0.25) is 0 Å². The molecule has 3 heteroatoms.